The first-order chi connectivity index (χ1) is 11.3. The number of rotatable bonds is 5. The standard InChI is InChI=1S/C17H17N3O3S/c1-10(16(23)20-17-18-9-11(2)24-17)8-15(22)19-14-6-4-13(5-7-14)12(3)21/h4-9H,1-3H3,(H,19,22)(H,18,20,23)/b10-8+. The van der Waals surface area contributed by atoms with E-state index in [2.05, 4.69) is 15.6 Å². The van der Waals surface area contributed by atoms with E-state index < -0.39 is 5.91 Å². The number of thiazole rings is 1. The molecular formula is C17H17N3O3S. The fourth-order valence-electron chi connectivity index (χ4n) is 1.84. The van der Waals surface area contributed by atoms with Crippen LogP contribution >= 0.6 is 11.3 Å². The predicted molar refractivity (Wildman–Crippen MR) is 94.3 cm³/mol. The molecule has 0 bridgehead atoms. The molecule has 0 aliphatic carbocycles. The van der Waals surface area contributed by atoms with Gasteiger partial charge in [0, 0.05) is 34.0 Å². The van der Waals surface area contributed by atoms with Gasteiger partial charge in [0.25, 0.3) is 5.91 Å². The Balaban J connectivity index is 1.97. The second-order valence-electron chi connectivity index (χ2n) is 5.18. The highest BCUT2D eigenvalue weighted by molar-refractivity contribution is 7.15. The number of aromatic nitrogens is 1. The molecule has 7 heteroatoms. The fraction of sp³-hybridized carbons (Fsp3) is 0.176. The second kappa shape index (κ2) is 7.65. The predicted octanol–water partition coefficient (Wildman–Crippen LogP) is 3.18. The van der Waals surface area contributed by atoms with Gasteiger partial charge in [-0.25, -0.2) is 4.98 Å². The van der Waals surface area contributed by atoms with Crippen molar-refractivity contribution < 1.29 is 14.4 Å². The maximum atomic E-state index is 12.0. The zero-order chi connectivity index (χ0) is 17.7. The lowest BCUT2D eigenvalue weighted by molar-refractivity contribution is -0.114. The molecule has 0 radical (unpaired) electrons. The summed E-state index contributed by atoms with van der Waals surface area (Å²) < 4.78 is 0. The van der Waals surface area contributed by atoms with Gasteiger partial charge in [-0.05, 0) is 45.0 Å². The Kier molecular flexibility index (Phi) is 5.59. The van der Waals surface area contributed by atoms with Crippen LogP contribution in [-0.2, 0) is 9.59 Å². The Morgan fingerprint density at radius 2 is 1.75 bits per heavy atom. The number of nitrogens with zero attached hydrogens (tertiary/aromatic N) is 1. The summed E-state index contributed by atoms with van der Waals surface area (Å²) in [6.45, 7) is 4.91. The van der Waals surface area contributed by atoms with Gasteiger partial charge in [-0.15, -0.1) is 11.3 Å². The average Bonchev–Trinajstić information content (AvgIpc) is 2.92. The molecule has 0 atom stereocenters. The number of nitrogens with one attached hydrogen (secondary N) is 2. The number of anilines is 2. The SMILES string of the molecule is CC(=O)c1ccc(NC(=O)/C=C(\C)C(=O)Nc2ncc(C)s2)cc1. The van der Waals surface area contributed by atoms with E-state index in [-0.39, 0.29) is 17.3 Å². The normalized spacial score (nSPS) is 11.0. The molecule has 6 nitrogen and oxygen atoms in total. The van der Waals surface area contributed by atoms with E-state index in [0.29, 0.717) is 16.4 Å². The summed E-state index contributed by atoms with van der Waals surface area (Å²) in [6, 6.07) is 6.53. The van der Waals surface area contributed by atoms with E-state index in [9.17, 15) is 14.4 Å². The van der Waals surface area contributed by atoms with Crippen molar-refractivity contribution >= 4 is 39.8 Å². The first-order valence-electron chi connectivity index (χ1n) is 7.19. The number of hydrogen-bond donors (Lipinski definition) is 2. The van der Waals surface area contributed by atoms with Gasteiger partial charge in [0.1, 0.15) is 0 Å². The third-order valence-electron chi connectivity index (χ3n) is 3.11. The number of hydrogen-bond acceptors (Lipinski definition) is 5. The lowest BCUT2D eigenvalue weighted by atomic mass is 10.1. The number of benzene rings is 1. The summed E-state index contributed by atoms with van der Waals surface area (Å²) in [5, 5.41) is 5.77. The van der Waals surface area contributed by atoms with Crippen molar-refractivity contribution in [3.8, 4) is 0 Å². The molecule has 1 heterocycles. The van der Waals surface area contributed by atoms with E-state index >= 15 is 0 Å². The molecular weight excluding hydrogens is 326 g/mol. The number of ketones is 1. The van der Waals surface area contributed by atoms with E-state index in [0.717, 1.165) is 4.88 Å². The largest absolute Gasteiger partial charge is 0.323 e. The zero-order valence-corrected chi connectivity index (χ0v) is 14.4. The third kappa shape index (κ3) is 4.85. The quantitative estimate of drug-likeness (QED) is 0.645. The monoisotopic (exact) mass is 343 g/mol. The molecule has 0 unspecified atom stereocenters. The van der Waals surface area contributed by atoms with Crippen LogP contribution in [0.25, 0.3) is 0 Å². The minimum absolute atomic E-state index is 0.0438. The van der Waals surface area contributed by atoms with Crippen LogP contribution in [0.15, 0.2) is 42.1 Å². The van der Waals surface area contributed by atoms with Gasteiger partial charge < -0.3 is 5.32 Å². The number of carbonyl (C=O) groups is 3. The van der Waals surface area contributed by atoms with Gasteiger partial charge in [0.05, 0.1) is 0 Å². The minimum Gasteiger partial charge on any atom is -0.323 e. The molecule has 124 valence electrons. The Bertz CT molecular complexity index is 807. The molecule has 2 N–H and O–H groups in total. The van der Waals surface area contributed by atoms with Crippen LogP contribution in [-0.4, -0.2) is 22.6 Å². The van der Waals surface area contributed by atoms with Crippen LogP contribution in [0.5, 0.6) is 0 Å². The average molecular weight is 343 g/mol. The summed E-state index contributed by atoms with van der Waals surface area (Å²) in [6.07, 6.45) is 2.88. The fourth-order valence-corrected chi connectivity index (χ4v) is 2.50. The van der Waals surface area contributed by atoms with E-state index in [1.807, 2.05) is 6.92 Å². The number of carbonyl (C=O) groups excluding carboxylic acids is 3. The molecule has 0 aliphatic heterocycles. The molecule has 0 saturated heterocycles. The van der Waals surface area contributed by atoms with Crippen LogP contribution in [0.1, 0.15) is 29.1 Å². The van der Waals surface area contributed by atoms with Gasteiger partial charge in [0.15, 0.2) is 10.9 Å². The Morgan fingerprint density at radius 1 is 1.08 bits per heavy atom. The highest BCUT2D eigenvalue weighted by Crippen LogP contribution is 2.17. The molecule has 24 heavy (non-hydrogen) atoms. The van der Waals surface area contributed by atoms with Crippen LogP contribution in [0.4, 0.5) is 10.8 Å². The molecule has 2 aromatic rings. The van der Waals surface area contributed by atoms with Crippen molar-refractivity contribution in [2.24, 2.45) is 0 Å². The van der Waals surface area contributed by atoms with Crippen molar-refractivity contribution in [3.63, 3.8) is 0 Å². The topological polar surface area (TPSA) is 88.2 Å². The number of amides is 2. The molecule has 1 aromatic carbocycles. The van der Waals surface area contributed by atoms with Crippen LogP contribution in [0.2, 0.25) is 0 Å². The Morgan fingerprint density at radius 3 is 2.29 bits per heavy atom. The summed E-state index contributed by atoms with van der Waals surface area (Å²) in [5.74, 6) is -0.849. The van der Waals surface area contributed by atoms with Crippen molar-refractivity contribution in [3.05, 3.63) is 52.6 Å². The molecule has 2 rings (SSSR count). The molecule has 0 fully saturated rings. The summed E-state index contributed by atoms with van der Waals surface area (Å²) in [4.78, 5) is 40.2. The first kappa shape index (κ1) is 17.6. The zero-order valence-electron chi connectivity index (χ0n) is 13.5. The van der Waals surface area contributed by atoms with Crippen molar-refractivity contribution in [2.45, 2.75) is 20.8 Å². The van der Waals surface area contributed by atoms with Gasteiger partial charge in [-0.3, -0.25) is 19.7 Å². The number of aryl methyl sites for hydroxylation is 1. The van der Waals surface area contributed by atoms with Crippen molar-refractivity contribution in [2.75, 3.05) is 10.6 Å². The van der Waals surface area contributed by atoms with Gasteiger partial charge in [-0.2, -0.15) is 0 Å². The summed E-state index contributed by atoms with van der Waals surface area (Å²) in [5.41, 5.74) is 1.38. The summed E-state index contributed by atoms with van der Waals surface area (Å²) >= 11 is 1.36. The van der Waals surface area contributed by atoms with Crippen LogP contribution < -0.4 is 10.6 Å². The molecule has 2 amide bonds. The minimum atomic E-state index is -0.423. The lowest BCUT2D eigenvalue weighted by Gasteiger charge is -2.05. The van der Waals surface area contributed by atoms with Crippen molar-refractivity contribution in [1.82, 2.24) is 4.98 Å². The maximum absolute atomic E-state index is 12.0. The molecule has 0 saturated carbocycles. The van der Waals surface area contributed by atoms with Gasteiger partial charge in [0.2, 0.25) is 5.91 Å². The van der Waals surface area contributed by atoms with Gasteiger partial charge >= 0.3 is 0 Å². The summed E-state index contributed by atoms with van der Waals surface area (Å²) in [7, 11) is 0. The smallest absolute Gasteiger partial charge is 0.253 e. The Hall–Kier alpha value is -2.80. The van der Waals surface area contributed by atoms with Crippen LogP contribution in [0, 0.1) is 6.92 Å². The highest BCUT2D eigenvalue weighted by atomic mass is 32.1. The van der Waals surface area contributed by atoms with Gasteiger partial charge in [-0.1, -0.05) is 0 Å². The molecule has 0 aliphatic rings. The van der Waals surface area contributed by atoms with E-state index in [1.54, 1.807) is 37.4 Å². The third-order valence-corrected chi connectivity index (χ3v) is 3.93. The van der Waals surface area contributed by atoms with E-state index in [1.165, 1.54) is 24.3 Å². The second-order valence-corrected chi connectivity index (χ2v) is 6.42. The Labute approximate surface area is 143 Å². The molecule has 1 aromatic heterocycles. The first-order valence-corrected chi connectivity index (χ1v) is 8.01. The molecule has 0 spiro atoms. The highest BCUT2D eigenvalue weighted by Gasteiger charge is 2.09. The van der Waals surface area contributed by atoms with Crippen molar-refractivity contribution in [1.29, 1.82) is 0 Å². The number of Topliss-reactive ketones (excluding diaryl/α,β-unsaturated/α-hetero) is 1. The van der Waals surface area contributed by atoms with E-state index in [4.69, 9.17) is 0 Å². The lowest BCUT2D eigenvalue weighted by Crippen LogP contribution is -2.16. The van der Waals surface area contributed by atoms with Crippen LogP contribution in [0.3, 0.4) is 0 Å². The maximum Gasteiger partial charge on any atom is 0.253 e.